The number of nitrogens with zero attached hydrogens (tertiary/aromatic N) is 2. The molecule has 0 aromatic carbocycles. The molecule has 2 atom stereocenters. The van der Waals surface area contributed by atoms with Gasteiger partial charge in [0, 0.05) is 19.3 Å². The molecule has 0 fully saturated rings. The Hall–Kier alpha value is -2.12. The van der Waals surface area contributed by atoms with Crippen molar-refractivity contribution in [3.8, 4) is 0 Å². The summed E-state index contributed by atoms with van der Waals surface area (Å²) in [5.74, 6) is -0.502. The standard InChI is InChI=1S/C15H22N2O6/c1-20-14(18)5-3-10-7-12(22-16-10)9-13-8-11(17-23-13)4-6-15(19)21-2/h12-13H,3-9H2,1-2H3/t12-,13+. The zero-order valence-electron chi connectivity index (χ0n) is 13.4. The molecule has 2 heterocycles. The third-order valence-electron chi connectivity index (χ3n) is 3.80. The molecule has 128 valence electrons. The summed E-state index contributed by atoms with van der Waals surface area (Å²) in [6.45, 7) is 0. The molecule has 0 saturated carbocycles. The van der Waals surface area contributed by atoms with Crippen molar-refractivity contribution < 1.29 is 28.7 Å². The Morgan fingerprint density at radius 2 is 1.39 bits per heavy atom. The van der Waals surface area contributed by atoms with E-state index in [2.05, 4.69) is 19.8 Å². The van der Waals surface area contributed by atoms with Crippen LogP contribution in [0.5, 0.6) is 0 Å². The molecule has 0 radical (unpaired) electrons. The van der Waals surface area contributed by atoms with Crippen molar-refractivity contribution >= 4 is 23.4 Å². The first-order valence-electron chi connectivity index (χ1n) is 7.67. The van der Waals surface area contributed by atoms with E-state index in [4.69, 9.17) is 9.68 Å². The van der Waals surface area contributed by atoms with Gasteiger partial charge in [-0.05, 0) is 12.8 Å². The number of hydrogen-bond donors (Lipinski definition) is 0. The molecule has 0 N–H and O–H groups in total. The number of oxime groups is 2. The fraction of sp³-hybridized carbons (Fsp3) is 0.733. The largest absolute Gasteiger partial charge is 0.469 e. The SMILES string of the molecule is COC(=O)CCC1=NO[C@@H](C[C@@H]2CC(CCC(=O)OC)=NO2)C1. The van der Waals surface area contributed by atoms with Crippen LogP contribution < -0.4 is 0 Å². The van der Waals surface area contributed by atoms with Crippen molar-refractivity contribution in [2.45, 2.75) is 57.2 Å². The summed E-state index contributed by atoms with van der Waals surface area (Å²) in [5, 5.41) is 8.02. The highest BCUT2D eigenvalue weighted by atomic mass is 16.7. The summed E-state index contributed by atoms with van der Waals surface area (Å²) in [6.07, 6.45) is 3.67. The maximum Gasteiger partial charge on any atom is 0.305 e. The summed E-state index contributed by atoms with van der Waals surface area (Å²) < 4.78 is 9.20. The summed E-state index contributed by atoms with van der Waals surface area (Å²) in [4.78, 5) is 33.0. The highest BCUT2D eigenvalue weighted by Gasteiger charge is 2.29. The normalized spacial score (nSPS) is 22.7. The zero-order chi connectivity index (χ0) is 16.7. The molecule has 23 heavy (non-hydrogen) atoms. The summed E-state index contributed by atoms with van der Waals surface area (Å²) >= 11 is 0. The van der Waals surface area contributed by atoms with E-state index in [1.807, 2.05) is 0 Å². The first-order valence-corrected chi connectivity index (χ1v) is 7.67. The van der Waals surface area contributed by atoms with Crippen LogP contribution in [0, 0.1) is 0 Å². The monoisotopic (exact) mass is 326 g/mol. The van der Waals surface area contributed by atoms with Gasteiger partial charge in [0.25, 0.3) is 0 Å². The van der Waals surface area contributed by atoms with Gasteiger partial charge in [0.2, 0.25) is 0 Å². The number of hydrogen-bond acceptors (Lipinski definition) is 8. The van der Waals surface area contributed by atoms with E-state index in [9.17, 15) is 9.59 Å². The van der Waals surface area contributed by atoms with Crippen LogP contribution >= 0.6 is 0 Å². The van der Waals surface area contributed by atoms with Crippen LogP contribution in [0.1, 0.15) is 44.9 Å². The Morgan fingerprint density at radius 1 is 0.957 bits per heavy atom. The molecular formula is C15H22N2O6. The molecule has 8 nitrogen and oxygen atoms in total. The van der Waals surface area contributed by atoms with E-state index >= 15 is 0 Å². The molecular weight excluding hydrogens is 304 g/mol. The van der Waals surface area contributed by atoms with Crippen molar-refractivity contribution in [3.63, 3.8) is 0 Å². The second-order valence-corrected chi connectivity index (χ2v) is 5.57. The lowest BCUT2D eigenvalue weighted by Gasteiger charge is -2.12. The van der Waals surface area contributed by atoms with Crippen LogP contribution in [0.25, 0.3) is 0 Å². The number of ether oxygens (including phenoxy) is 2. The minimum absolute atomic E-state index is 0.0530. The molecule has 2 aliphatic rings. The quantitative estimate of drug-likeness (QED) is 0.628. The molecule has 0 aromatic rings. The molecule has 8 heteroatoms. The Morgan fingerprint density at radius 3 is 1.78 bits per heavy atom. The van der Waals surface area contributed by atoms with Gasteiger partial charge in [0.05, 0.1) is 38.5 Å². The number of esters is 2. The number of carbonyl (C=O) groups excluding carboxylic acids is 2. The van der Waals surface area contributed by atoms with E-state index < -0.39 is 0 Å². The van der Waals surface area contributed by atoms with Crippen LogP contribution in [0.15, 0.2) is 10.3 Å². The lowest BCUT2D eigenvalue weighted by molar-refractivity contribution is -0.141. The number of rotatable bonds is 8. The third kappa shape index (κ3) is 5.54. The van der Waals surface area contributed by atoms with E-state index in [1.54, 1.807) is 0 Å². The van der Waals surface area contributed by atoms with Gasteiger partial charge in [-0.3, -0.25) is 9.59 Å². The zero-order valence-corrected chi connectivity index (χ0v) is 13.4. The van der Waals surface area contributed by atoms with Crippen molar-refractivity contribution in [2.24, 2.45) is 10.3 Å². The van der Waals surface area contributed by atoms with E-state index in [0.29, 0.717) is 44.9 Å². The number of methoxy groups -OCH3 is 2. The van der Waals surface area contributed by atoms with Crippen LogP contribution in [-0.4, -0.2) is 49.8 Å². The molecule has 0 aliphatic carbocycles. The van der Waals surface area contributed by atoms with Gasteiger partial charge in [0.1, 0.15) is 12.2 Å². The fourth-order valence-electron chi connectivity index (χ4n) is 2.51. The topological polar surface area (TPSA) is 95.8 Å². The van der Waals surface area contributed by atoms with E-state index in [-0.39, 0.29) is 24.1 Å². The van der Waals surface area contributed by atoms with Crippen molar-refractivity contribution in [3.05, 3.63) is 0 Å². The molecule has 2 aliphatic heterocycles. The van der Waals surface area contributed by atoms with Gasteiger partial charge in [-0.15, -0.1) is 0 Å². The van der Waals surface area contributed by atoms with Crippen molar-refractivity contribution in [2.75, 3.05) is 14.2 Å². The average molecular weight is 326 g/mol. The van der Waals surface area contributed by atoms with Crippen LogP contribution in [0.4, 0.5) is 0 Å². The molecule has 0 amide bonds. The van der Waals surface area contributed by atoms with Crippen LogP contribution in [0.3, 0.4) is 0 Å². The van der Waals surface area contributed by atoms with E-state index in [1.165, 1.54) is 14.2 Å². The van der Waals surface area contributed by atoms with Crippen molar-refractivity contribution in [1.82, 2.24) is 0 Å². The Labute approximate surface area is 134 Å². The Bertz CT molecular complexity index is 458. The van der Waals surface area contributed by atoms with Gasteiger partial charge < -0.3 is 19.1 Å². The smallest absolute Gasteiger partial charge is 0.305 e. The highest BCUT2D eigenvalue weighted by Crippen LogP contribution is 2.24. The van der Waals surface area contributed by atoms with Gasteiger partial charge >= 0.3 is 11.9 Å². The molecule has 0 aromatic heterocycles. The lowest BCUT2D eigenvalue weighted by atomic mass is 10.00. The maximum absolute atomic E-state index is 11.1. The van der Waals surface area contributed by atoms with Gasteiger partial charge in [0.15, 0.2) is 0 Å². The minimum Gasteiger partial charge on any atom is -0.469 e. The molecule has 2 rings (SSSR count). The second kappa shape index (κ2) is 8.50. The van der Waals surface area contributed by atoms with Crippen molar-refractivity contribution in [1.29, 1.82) is 0 Å². The van der Waals surface area contributed by atoms with Crippen LogP contribution in [-0.2, 0) is 28.7 Å². The third-order valence-corrected chi connectivity index (χ3v) is 3.80. The predicted molar refractivity (Wildman–Crippen MR) is 81.0 cm³/mol. The Balaban J connectivity index is 1.63. The Kier molecular flexibility index (Phi) is 6.37. The van der Waals surface area contributed by atoms with Gasteiger partial charge in [-0.1, -0.05) is 10.3 Å². The fourth-order valence-corrected chi connectivity index (χ4v) is 2.51. The second-order valence-electron chi connectivity index (χ2n) is 5.57. The lowest BCUT2D eigenvalue weighted by Crippen LogP contribution is -2.19. The van der Waals surface area contributed by atoms with E-state index in [0.717, 1.165) is 11.4 Å². The predicted octanol–water partition coefficient (Wildman–Crippen LogP) is 1.57. The molecule has 0 unspecified atom stereocenters. The molecule has 0 bridgehead atoms. The maximum atomic E-state index is 11.1. The molecule has 0 saturated heterocycles. The highest BCUT2D eigenvalue weighted by molar-refractivity contribution is 5.89. The first kappa shape index (κ1) is 17.2. The first-order chi connectivity index (χ1) is 11.1. The summed E-state index contributed by atoms with van der Waals surface area (Å²) in [6, 6.07) is 0. The number of carbonyl (C=O) groups is 2. The van der Waals surface area contributed by atoms with Gasteiger partial charge in [-0.25, -0.2) is 0 Å². The van der Waals surface area contributed by atoms with Gasteiger partial charge in [-0.2, -0.15) is 0 Å². The summed E-state index contributed by atoms with van der Waals surface area (Å²) in [7, 11) is 2.74. The minimum atomic E-state index is -0.251. The van der Waals surface area contributed by atoms with Crippen LogP contribution in [0.2, 0.25) is 0 Å². The molecule has 0 spiro atoms. The summed E-state index contributed by atoms with van der Waals surface area (Å²) in [5.41, 5.74) is 1.73. The average Bonchev–Trinajstić information content (AvgIpc) is 3.20.